The molecule has 0 unspecified atom stereocenters. The van der Waals surface area contributed by atoms with Gasteiger partial charge in [0, 0.05) is 39.3 Å². The molecule has 4 aliphatic rings. The van der Waals surface area contributed by atoms with Crippen LogP contribution < -0.4 is 0 Å². The highest BCUT2D eigenvalue weighted by Crippen LogP contribution is 2.33. The van der Waals surface area contributed by atoms with Gasteiger partial charge in [0.05, 0.1) is 6.54 Å². The maximum atomic E-state index is 5.37. The van der Waals surface area contributed by atoms with Crippen molar-refractivity contribution in [2.45, 2.75) is 51.3 Å². The molecule has 1 aromatic heterocycles. The number of methoxy groups -OCH3 is 1. The topological polar surface area (TPSA) is 54.6 Å². The molecule has 2 atom stereocenters. The van der Waals surface area contributed by atoms with E-state index in [1.54, 1.807) is 7.11 Å². The van der Waals surface area contributed by atoms with Crippen LogP contribution in [0.2, 0.25) is 0 Å². The summed E-state index contributed by atoms with van der Waals surface area (Å²) in [5.41, 5.74) is 0. The van der Waals surface area contributed by atoms with Gasteiger partial charge in [-0.05, 0) is 37.5 Å². The molecular weight excluding hydrogens is 292 g/mol. The second kappa shape index (κ2) is 6.87. The number of fused-ring (bicyclic) bond motifs is 4. The predicted molar refractivity (Wildman–Crippen MR) is 85.7 cm³/mol. The van der Waals surface area contributed by atoms with Gasteiger partial charge in [-0.3, -0.25) is 9.80 Å². The van der Waals surface area contributed by atoms with Crippen molar-refractivity contribution in [3.8, 4) is 0 Å². The fourth-order valence-corrected chi connectivity index (χ4v) is 4.37. The van der Waals surface area contributed by atoms with Crippen LogP contribution in [0.4, 0.5) is 0 Å². The van der Waals surface area contributed by atoms with Crippen molar-refractivity contribution in [2.24, 2.45) is 11.8 Å². The van der Waals surface area contributed by atoms with E-state index in [0.717, 1.165) is 36.9 Å². The van der Waals surface area contributed by atoms with Gasteiger partial charge >= 0.3 is 0 Å². The zero-order valence-electron chi connectivity index (χ0n) is 14.1. The number of aromatic nitrogens is 2. The molecule has 5 rings (SSSR count). The third-order valence-electron chi connectivity index (χ3n) is 5.76. The van der Waals surface area contributed by atoms with Crippen LogP contribution in [0.15, 0.2) is 4.52 Å². The Morgan fingerprint density at radius 2 is 2.09 bits per heavy atom. The normalized spacial score (nSPS) is 29.6. The highest BCUT2D eigenvalue weighted by molar-refractivity contribution is 4.93. The van der Waals surface area contributed by atoms with Crippen molar-refractivity contribution in [3.63, 3.8) is 0 Å². The molecule has 128 valence electrons. The molecule has 23 heavy (non-hydrogen) atoms. The number of hydrogen-bond donors (Lipinski definition) is 0. The molecule has 4 fully saturated rings. The Morgan fingerprint density at radius 3 is 2.87 bits per heavy atom. The third-order valence-corrected chi connectivity index (χ3v) is 5.76. The Labute approximate surface area is 138 Å². The lowest BCUT2D eigenvalue weighted by Gasteiger charge is -2.40. The van der Waals surface area contributed by atoms with E-state index in [-0.39, 0.29) is 0 Å². The molecule has 4 heterocycles. The average Bonchev–Trinajstić information content (AvgIpc) is 2.75. The summed E-state index contributed by atoms with van der Waals surface area (Å²) in [6.45, 7) is 6.12. The monoisotopic (exact) mass is 320 g/mol. The van der Waals surface area contributed by atoms with E-state index >= 15 is 0 Å². The molecular formula is C17H28N4O2. The van der Waals surface area contributed by atoms with Crippen LogP contribution in [0.25, 0.3) is 0 Å². The Hall–Kier alpha value is -0.980. The van der Waals surface area contributed by atoms with Gasteiger partial charge in [0.2, 0.25) is 5.89 Å². The molecule has 0 N–H and O–H groups in total. The maximum Gasteiger partial charge on any atom is 0.240 e. The Balaban J connectivity index is 1.36. The first-order valence-corrected chi connectivity index (χ1v) is 9.07. The molecule has 1 saturated carbocycles. The summed E-state index contributed by atoms with van der Waals surface area (Å²) < 4.78 is 10.4. The van der Waals surface area contributed by atoms with E-state index in [4.69, 9.17) is 9.26 Å². The smallest absolute Gasteiger partial charge is 0.240 e. The fourth-order valence-electron chi connectivity index (χ4n) is 4.37. The minimum atomic E-state index is 0.421. The van der Waals surface area contributed by atoms with Gasteiger partial charge in [-0.15, -0.1) is 0 Å². The van der Waals surface area contributed by atoms with Gasteiger partial charge in [-0.1, -0.05) is 11.6 Å². The molecule has 3 saturated heterocycles. The largest absolute Gasteiger partial charge is 0.377 e. The molecule has 0 radical (unpaired) electrons. The van der Waals surface area contributed by atoms with Crippen LogP contribution in [0.3, 0.4) is 0 Å². The van der Waals surface area contributed by atoms with E-state index in [1.165, 1.54) is 51.7 Å². The molecule has 2 bridgehead atoms. The minimum Gasteiger partial charge on any atom is -0.377 e. The van der Waals surface area contributed by atoms with Crippen molar-refractivity contribution >= 4 is 0 Å². The minimum absolute atomic E-state index is 0.421. The van der Waals surface area contributed by atoms with Crippen molar-refractivity contribution in [3.05, 3.63) is 11.7 Å². The number of hydrogen-bond acceptors (Lipinski definition) is 6. The Bertz CT molecular complexity index is 516. The summed E-state index contributed by atoms with van der Waals surface area (Å²) in [6, 6.07) is 0.718. The molecule has 0 aromatic carbocycles. The van der Waals surface area contributed by atoms with Crippen LogP contribution in [0.1, 0.15) is 43.8 Å². The molecule has 6 heteroatoms. The Kier molecular flexibility index (Phi) is 4.64. The van der Waals surface area contributed by atoms with E-state index in [1.807, 2.05) is 0 Å². The standard InChI is InChI=1S/C17H28N4O2/c1-22-12-16-18-17(23-19-16)11-20-7-14-5-6-15(10-20)21(9-14)8-13-3-2-4-13/h13-15H,2-12H2,1H3/t14-,15+/m1/s1. The summed E-state index contributed by atoms with van der Waals surface area (Å²) in [5, 5.41) is 3.97. The summed E-state index contributed by atoms with van der Waals surface area (Å²) in [4.78, 5) is 9.73. The van der Waals surface area contributed by atoms with Gasteiger partial charge in [0.15, 0.2) is 5.82 Å². The Morgan fingerprint density at radius 1 is 1.17 bits per heavy atom. The van der Waals surface area contributed by atoms with E-state index < -0.39 is 0 Å². The lowest BCUT2D eigenvalue weighted by Crippen LogP contribution is -2.46. The predicted octanol–water partition coefficient (Wildman–Crippen LogP) is 1.91. The summed E-state index contributed by atoms with van der Waals surface area (Å²) in [6.07, 6.45) is 7.07. The summed E-state index contributed by atoms with van der Waals surface area (Å²) >= 11 is 0. The third kappa shape index (κ3) is 3.59. The van der Waals surface area contributed by atoms with E-state index in [0.29, 0.717) is 12.4 Å². The number of piperidine rings is 1. The molecule has 1 aromatic rings. The summed E-state index contributed by atoms with van der Waals surface area (Å²) in [5.74, 6) is 3.14. The lowest BCUT2D eigenvalue weighted by atomic mass is 9.83. The highest BCUT2D eigenvalue weighted by atomic mass is 16.5. The summed E-state index contributed by atoms with van der Waals surface area (Å²) in [7, 11) is 1.65. The molecule has 3 aliphatic heterocycles. The maximum absolute atomic E-state index is 5.37. The molecule has 1 aliphatic carbocycles. The van der Waals surface area contributed by atoms with Crippen LogP contribution in [-0.4, -0.2) is 59.3 Å². The SMILES string of the molecule is COCc1noc(CN2C[C@H]3CC[C@@H](C2)N(CC2CCC2)C3)n1. The highest BCUT2D eigenvalue weighted by Gasteiger charge is 2.36. The number of ether oxygens (including phenoxy) is 1. The van der Waals surface area contributed by atoms with Crippen molar-refractivity contribution in [1.29, 1.82) is 0 Å². The van der Waals surface area contributed by atoms with Crippen LogP contribution in [0, 0.1) is 11.8 Å². The number of nitrogens with zero attached hydrogens (tertiary/aromatic N) is 4. The second-order valence-electron chi connectivity index (χ2n) is 7.58. The fraction of sp³-hybridized carbons (Fsp3) is 0.882. The zero-order chi connectivity index (χ0) is 15.6. The van der Waals surface area contributed by atoms with E-state index in [9.17, 15) is 0 Å². The van der Waals surface area contributed by atoms with Crippen molar-refractivity contribution in [1.82, 2.24) is 19.9 Å². The van der Waals surface area contributed by atoms with Crippen LogP contribution in [0.5, 0.6) is 0 Å². The van der Waals surface area contributed by atoms with E-state index in [2.05, 4.69) is 19.9 Å². The first-order chi connectivity index (χ1) is 11.3. The van der Waals surface area contributed by atoms with Crippen molar-refractivity contribution in [2.75, 3.05) is 33.3 Å². The molecule has 0 amide bonds. The quantitative estimate of drug-likeness (QED) is 0.798. The van der Waals surface area contributed by atoms with Crippen LogP contribution in [-0.2, 0) is 17.9 Å². The average molecular weight is 320 g/mol. The zero-order valence-corrected chi connectivity index (χ0v) is 14.1. The molecule has 0 spiro atoms. The lowest BCUT2D eigenvalue weighted by molar-refractivity contribution is 0.0887. The van der Waals surface area contributed by atoms with Gasteiger partial charge in [-0.25, -0.2) is 0 Å². The van der Waals surface area contributed by atoms with Gasteiger partial charge in [-0.2, -0.15) is 4.98 Å². The van der Waals surface area contributed by atoms with Gasteiger partial charge < -0.3 is 9.26 Å². The van der Waals surface area contributed by atoms with Crippen LogP contribution >= 0.6 is 0 Å². The first kappa shape index (κ1) is 15.5. The first-order valence-electron chi connectivity index (χ1n) is 9.07. The van der Waals surface area contributed by atoms with Gasteiger partial charge in [0.1, 0.15) is 6.61 Å². The van der Waals surface area contributed by atoms with Gasteiger partial charge in [0.25, 0.3) is 0 Å². The molecule has 6 nitrogen and oxygen atoms in total. The van der Waals surface area contributed by atoms with Crippen molar-refractivity contribution < 1.29 is 9.26 Å². The second-order valence-corrected chi connectivity index (χ2v) is 7.58. The number of rotatable bonds is 6.